The van der Waals surface area contributed by atoms with Crippen LogP contribution in [0.15, 0.2) is 53.4 Å². The van der Waals surface area contributed by atoms with Crippen molar-refractivity contribution in [2.24, 2.45) is 0 Å². The van der Waals surface area contributed by atoms with Crippen molar-refractivity contribution in [1.29, 1.82) is 0 Å². The van der Waals surface area contributed by atoms with E-state index in [1.165, 1.54) is 4.31 Å². The summed E-state index contributed by atoms with van der Waals surface area (Å²) in [7, 11) is -4.05. The number of hydrogen-bond acceptors (Lipinski definition) is 5. The fraction of sp³-hybridized carbons (Fsp3) is 0.333. The summed E-state index contributed by atoms with van der Waals surface area (Å²) in [6, 6.07) is 12.2. The number of nitrogens with zero attached hydrogens (tertiary/aromatic N) is 1. The molecule has 1 N–H and O–H groups in total. The van der Waals surface area contributed by atoms with E-state index >= 15 is 0 Å². The minimum Gasteiger partial charge on any atom is -0.452 e. The Bertz CT molecular complexity index is 1010. The van der Waals surface area contributed by atoms with Gasteiger partial charge in [-0.25, -0.2) is 17.6 Å². The number of benzene rings is 2. The average Bonchev–Trinajstić information content (AvgIpc) is 2.77. The lowest BCUT2D eigenvalue weighted by molar-refractivity contribution is -0.124. The first kappa shape index (κ1) is 21.9. The Morgan fingerprint density at radius 2 is 1.73 bits per heavy atom. The van der Waals surface area contributed by atoms with E-state index < -0.39 is 39.2 Å². The van der Waals surface area contributed by atoms with Gasteiger partial charge in [-0.3, -0.25) is 4.79 Å². The molecule has 0 aromatic heterocycles. The first-order valence-electron chi connectivity index (χ1n) is 9.65. The van der Waals surface area contributed by atoms with Crippen molar-refractivity contribution in [2.45, 2.75) is 30.7 Å². The number of ether oxygens (including phenoxy) is 1. The van der Waals surface area contributed by atoms with Crippen LogP contribution < -0.4 is 5.32 Å². The van der Waals surface area contributed by atoms with Gasteiger partial charge in [-0.05, 0) is 36.6 Å². The molecule has 0 bridgehead atoms. The Balaban J connectivity index is 1.62. The Hall–Kier alpha value is -2.78. The van der Waals surface area contributed by atoms with Crippen LogP contribution in [-0.4, -0.2) is 44.3 Å². The minimum atomic E-state index is -4.05. The van der Waals surface area contributed by atoms with E-state index in [0.29, 0.717) is 25.9 Å². The van der Waals surface area contributed by atoms with Gasteiger partial charge in [0.2, 0.25) is 10.0 Å². The normalized spacial score (nSPS) is 14.8. The molecule has 0 radical (unpaired) electrons. The summed E-state index contributed by atoms with van der Waals surface area (Å²) in [5.74, 6) is -2.34. The molecule has 1 aliphatic rings. The molecule has 1 aliphatic heterocycles. The van der Waals surface area contributed by atoms with Gasteiger partial charge in [-0.15, -0.1) is 0 Å². The highest BCUT2D eigenvalue weighted by atomic mass is 32.2. The molecule has 3 rings (SSSR count). The number of nitrogens with one attached hydrogen (secondary N) is 1. The quantitative estimate of drug-likeness (QED) is 0.676. The summed E-state index contributed by atoms with van der Waals surface area (Å²) in [4.78, 5) is 23.6. The van der Waals surface area contributed by atoms with Gasteiger partial charge in [0.25, 0.3) is 5.91 Å². The van der Waals surface area contributed by atoms with Gasteiger partial charge in [-0.2, -0.15) is 4.31 Å². The molecule has 1 saturated heterocycles. The molecular formula is C21H23FN2O5S. The molecule has 0 spiro atoms. The van der Waals surface area contributed by atoms with Gasteiger partial charge in [-0.1, -0.05) is 36.8 Å². The highest BCUT2D eigenvalue weighted by molar-refractivity contribution is 7.89. The van der Waals surface area contributed by atoms with Gasteiger partial charge >= 0.3 is 5.97 Å². The van der Waals surface area contributed by atoms with E-state index in [1.54, 1.807) is 0 Å². The molecule has 2 aromatic rings. The number of esters is 1. The SMILES string of the molecule is O=C(COC(=O)c1ccc(F)c(S(=O)(=O)N2CCCCC2)c1)NCc1ccccc1. The molecule has 2 aromatic carbocycles. The van der Waals surface area contributed by atoms with E-state index in [1.807, 2.05) is 30.3 Å². The lowest BCUT2D eigenvalue weighted by Crippen LogP contribution is -2.36. The zero-order chi connectivity index (χ0) is 21.6. The van der Waals surface area contributed by atoms with Gasteiger partial charge in [0, 0.05) is 19.6 Å². The van der Waals surface area contributed by atoms with Crippen LogP contribution >= 0.6 is 0 Å². The zero-order valence-corrected chi connectivity index (χ0v) is 17.2. The second-order valence-corrected chi connectivity index (χ2v) is 8.85. The summed E-state index contributed by atoms with van der Waals surface area (Å²) in [5.41, 5.74) is 0.756. The summed E-state index contributed by atoms with van der Waals surface area (Å²) in [6.45, 7) is 0.388. The summed E-state index contributed by atoms with van der Waals surface area (Å²) in [5, 5.41) is 2.61. The Morgan fingerprint density at radius 1 is 1.03 bits per heavy atom. The van der Waals surface area contributed by atoms with E-state index in [4.69, 9.17) is 4.74 Å². The summed E-state index contributed by atoms with van der Waals surface area (Å²) >= 11 is 0. The molecule has 1 amide bonds. The maximum absolute atomic E-state index is 14.2. The Labute approximate surface area is 174 Å². The number of halogens is 1. The second-order valence-electron chi connectivity index (χ2n) is 6.95. The van der Waals surface area contributed by atoms with Crippen molar-refractivity contribution in [3.05, 3.63) is 65.5 Å². The molecule has 0 unspecified atom stereocenters. The smallest absolute Gasteiger partial charge is 0.338 e. The highest BCUT2D eigenvalue weighted by Gasteiger charge is 2.29. The maximum Gasteiger partial charge on any atom is 0.338 e. The van der Waals surface area contributed by atoms with Gasteiger partial charge < -0.3 is 10.1 Å². The molecular weight excluding hydrogens is 411 g/mol. The van der Waals surface area contributed by atoms with Gasteiger partial charge in [0.05, 0.1) is 5.56 Å². The van der Waals surface area contributed by atoms with E-state index in [-0.39, 0.29) is 12.1 Å². The van der Waals surface area contributed by atoms with Crippen LogP contribution in [0.5, 0.6) is 0 Å². The van der Waals surface area contributed by atoms with Crippen molar-refractivity contribution < 1.29 is 27.1 Å². The first-order chi connectivity index (χ1) is 14.4. The molecule has 30 heavy (non-hydrogen) atoms. The van der Waals surface area contributed by atoms with Crippen molar-refractivity contribution in [3.63, 3.8) is 0 Å². The van der Waals surface area contributed by atoms with Crippen LogP contribution in [0.4, 0.5) is 4.39 Å². The van der Waals surface area contributed by atoms with Gasteiger partial charge in [0.1, 0.15) is 10.7 Å². The minimum absolute atomic E-state index is 0.136. The van der Waals surface area contributed by atoms with Gasteiger partial charge in [0.15, 0.2) is 6.61 Å². The van der Waals surface area contributed by atoms with Crippen molar-refractivity contribution in [1.82, 2.24) is 9.62 Å². The first-order valence-corrected chi connectivity index (χ1v) is 11.1. The number of carbonyl (C=O) groups excluding carboxylic acids is 2. The number of amides is 1. The second kappa shape index (κ2) is 9.82. The third-order valence-electron chi connectivity index (χ3n) is 4.77. The molecule has 1 heterocycles. The van der Waals surface area contributed by atoms with E-state index in [2.05, 4.69) is 5.32 Å². The molecule has 0 aliphatic carbocycles. The third kappa shape index (κ3) is 5.43. The summed E-state index contributed by atoms with van der Waals surface area (Å²) < 4.78 is 45.9. The molecule has 0 saturated carbocycles. The molecule has 160 valence electrons. The number of rotatable bonds is 7. The Kier molecular flexibility index (Phi) is 7.17. The van der Waals surface area contributed by atoms with Crippen LogP contribution in [0.2, 0.25) is 0 Å². The predicted molar refractivity (Wildman–Crippen MR) is 108 cm³/mol. The van der Waals surface area contributed by atoms with E-state index in [0.717, 1.165) is 30.2 Å². The van der Waals surface area contributed by atoms with Crippen molar-refractivity contribution in [3.8, 4) is 0 Å². The third-order valence-corrected chi connectivity index (χ3v) is 6.68. The molecule has 9 heteroatoms. The highest BCUT2D eigenvalue weighted by Crippen LogP contribution is 2.24. The lowest BCUT2D eigenvalue weighted by Gasteiger charge is -2.26. The standard InChI is InChI=1S/C21H23FN2O5S/c22-18-10-9-17(13-19(18)30(27,28)24-11-5-2-6-12-24)21(26)29-15-20(25)23-14-16-7-3-1-4-8-16/h1,3-4,7-10,13H,2,5-6,11-12,14-15H2,(H,23,25). The number of piperidine rings is 1. The van der Waals surface area contributed by atoms with Crippen LogP contribution in [0.1, 0.15) is 35.2 Å². The molecule has 0 atom stereocenters. The number of carbonyl (C=O) groups is 2. The fourth-order valence-corrected chi connectivity index (χ4v) is 4.74. The molecule has 7 nitrogen and oxygen atoms in total. The predicted octanol–water partition coefficient (Wildman–Crippen LogP) is 2.47. The Morgan fingerprint density at radius 3 is 2.43 bits per heavy atom. The fourth-order valence-electron chi connectivity index (χ4n) is 3.13. The largest absolute Gasteiger partial charge is 0.452 e. The maximum atomic E-state index is 14.2. The molecule has 1 fully saturated rings. The van der Waals surface area contributed by atoms with Crippen molar-refractivity contribution >= 4 is 21.9 Å². The zero-order valence-electron chi connectivity index (χ0n) is 16.3. The topological polar surface area (TPSA) is 92.8 Å². The summed E-state index contributed by atoms with van der Waals surface area (Å²) in [6.07, 6.45) is 2.34. The average molecular weight is 434 g/mol. The van der Waals surface area contributed by atoms with Crippen LogP contribution in [0.25, 0.3) is 0 Å². The lowest BCUT2D eigenvalue weighted by atomic mass is 10.2. The van der Waals surface area contributed by atoms with Crippen LogP contribution in [0, 0.1) is 5.82 Å². The number of sulfonamides is 1. The van der Waals surface area contributed by atoms with Crippen molar-refractivity contribution in [2.75, 3.05) is 19.7 Å². The van der Waals surface area contributed by atoms with Crippen LogP contribution in [-0.2, 0) is 26.1 Å². The van der Waals surface area contributed by atoms with Crippen LogP contribution in [0.3, 0.4) is 0 Å². The monoisotopic (exact) mass is 434 g/mol. The number of hydrogen-bond donors (Lipinski definition) is 1. The van der Waals surface area contributed by atoms with E-state index in [9.17, 15) is 22.4 Å².